The normalized spacial score (nSPS) is 18.7. The van der Waals surface area contributed by atoms with E-state index in [0.29, 0.717) is 58.7 Å². The average Bonchev–Trinajstić information content (AvgIpc) is 2.88. The second-order valence-electron chi connectivity index (χ2n) is 8.97. The van der Waals surface area contributed by atoms with Gasteiger partial charge in [0, 0.05) is 49.9 Å². The fourth-order valence-electron chi connectivity index (χ4n) is 4.09. The van der Waals surface area contributed by atoms with Crippen molar-refractivity contribution in [3.63, 3.8) is 0 Å². The largest absolute Gasteiger partial charge is 0.493 e. The first kappa shape index (κ1) is 31.7. The molecule has 3 atom stereocenters. The Morgan fingerprint density at radius 1 is 1.29 bits per heavy atom. The topological polar surface area (TPSA) is 135 Å². The van der Waals surface area contributed by atoms with Crippen LogP contribution in [-0.2, 0) is 14.3 Å². The summed E-state index contributed by atoms with van der Waals surface area (Å²) in [5.74, 6) is -0.120. The van der Waals surface area contributed by atoms with Crippen LogP contribution in [0.25, 0.3) is 0 Å². The van der Waals surface area contributed by atoms with Crippen molar-refractivity contribution in [3.8, 4) is 11.5 Å². The maximum atomic E-state index is 13.3. The van der Waals surface area contributed by atoms with E-state index in [9.17, 15) is 19.5 Å². The summed E-state index contributed by atoms with van der Waals surface area (Å²) in [6.07, 6.45) is 2.16. The molecule has 0 spiro atoms. The van der Waals surface area contributed by atoms with E-state index in [-0.39, 0.29) is 25.5 Å². The summed E-state index contributed by atoms with van der Waals surface area (Å²) in [5, 5.41) is 23.3. The zero-order valence-corrected chi connectivity index (χ0v) is 24.4. The number of aldehydes is 1. The third-order valence-corrected chi connectivity index (χ3v) is 6.64. The molecule has 0 saturated carbocycles. The van der Waals surface area contributed by atoms with Gasteiger partial charge >= 0.3 is 0 Å². The number of nitrogens with zero attached hydrogens (tertiary/aromatic N) is 1. The zero-order valence-electron chi connectivity index (χ0n) is 22.2. The number of halogens is 1. The highest BCUT2D eigenvalue weighted by atomic mass is 127. The quantitative estimate of drug-likeness (QED) is 0.122. The summed E-state index contributed by atoms with van der Waals surface area (Å²) in [4.78, 5) is 39.0. The molecule has 210 valence electrons. The van der Waals surface area contributed by atoms with Gasteiger partial charge in [0.2, 0.25) is 11.8 Å². The number of ether oxygens (including phenoxy) is 3. The number of aliphatic hydroxyl groups excluding tert-OH is 2. The Balaban J connectivity index is 2.50. The Morgan fingerprint density at radius 3 is 2.63 bits per heavy atom. The molecule has 0 unspecified atom stereocenters. The molecule has 0 radical (unpaired) electrons. The van der Waals surface area contributed by atoms with Gasteiger partial charge < -0.3 is 34.6 Å². The number of benzene rings is 1. The number of hydrogen-bond donors (Lipinski definition) is 3. The van der Waals surface area contributed by atoms with Crippen LogP contribution < -0.4 is 14.8 Å². The molecule has 0 aromatic heterocycles. The first-order valence-electron chi connectivity index (χ1n) is 12.5. The third-order valence-electron chi connectivity index (χ3n) is 5.84. The molecule has 11 heteroatoms. The SMILES string of the molecule is CCOCCCN(C(=O)C=C(C)C)[C@@H]1CC(C(=O)NCCO)=C[C@H](Oc2c(I)cc(C=O)cc2OC)[C@H]1O. The Hall–Kier alpha value is -2.48. The maximum absolute atomic E-state index is 13.3. The second kappa shape index (κ2) is 15.8. The number of carbonyl (C=O) groups excluding carboxylic acids is 3. The van der Waals surface area contributed by atoms with Crippen molar-refractivity contribution >= 4 is 40.7 Å². The van der Waals surface area contributed by atoms with Gasteiger partial charge in [0.1, 0.15) is 18.5 Å². The van der Waals surface area contributed by atoms with E-state index >= 15 is 0 Å². The molecular weight excluding hydrogens is 607 g/mol. The van der Waals surface area contributed by atoms with Crippen molar-refractivity contribution in [1.82, 2.24) is 10.2 Å². The number of amides is 2. The van der Waals surface area contributed by atoms with Crippen molar-refractivity contribution in [3.05, 3.63) is 44.6 Å². The minimum atomic E-state index is -1.18. The number of rotatable bonds is 14. The van der Waals surface area contributed by atoms with Crippen molar-refractivity contribution in [2.75, 3.05) is 40.0 Å². The minimum Gasteiger partial charge on any atom is -0.493 e. The number of carbonyl (C=O) groups is 3. The molecule has 0 fully saturated rings. The predicted octanol–water partition coefficient (Wildman–Crippen LogP) is 2.25. The summed E-state index contributed by atoms with van der Waals surface area (Å²) in [6, 6.07) is 2.37. The Bertz CT molecular complexity index is 1040. The molecule has 0 heterocycles. The van der Waals surface area contributed by atoms with E-state index in [1.165, 1.54) is 25.3 Å². The minimum absolute atomic E-state index is 0.0581. The van der Waals surface area contributed by atoms with Gasteiger partial charge in [-0.3, -0.25) is 14.4 Å². The molecule has 0 saturated heterocycles. The van der Waals surface area contributed by atoms with Gasteiger partial charge in [0.05, 0.1) is 23.3 Å². The third kappa shape index (κ3) is 8.79. The number of aliphatic hydroxyl groups is 2. The number of methoxy groups -OCH3 is 1. The number of nitrogens with one attached hydrogen (secondary N) is 1. The highest BCUT2D eigenvalue weighted by Gasteiger charge is 2.40. The fraction of sp³-hybridized carbons (Fsp3) is 0.519. The fourth-order valence-corrected chi connectivity index (χ4v) is 4.84. The molecule has 10 nitrogen and oxygen atoms in total. The van der Waals surface area contributed by atoms with Crippen molar-refractivity contribution in [2.45, 2.75) is 51.9 Å². The van der Waals surface area contributed by atoms with Crippen LogP contribution in [0, 0.1) is 3.57 Å². The van der Waals surface area contributed by atoms with E-state index in [1.54, 1.807) is 11.0 Å². The highest BCUT2D eigenvalue weighted by molar-refractivity contribution is 14.1. The van der Waals surface area contributed by atoms with Crippen molar-refractivity contribution < 1.29 is 38.8 Å². The van der Waals surface area contributed by atoms with Crippen LogP contribution in [0.2, 0.25) is 0 Å². The predicted molar refractivity (Wildman–Crippen MR) is 150 cm³/mol. The van der Waals surface area contributed by atoms with E-state index in [2.05, 4.69) is 5.32 Å². The lowest BCUT2D eigenvalue weighted by Gasteiger charge is -2.40. The van der Waals surface area contributed by atoms with Crippen molar-refractivity contribution in [2.24, 2.45) is 0 Å². The summed E-state index contributed by atoms with van der Waals surface area (Å²) in [7, 11) is 1.44. The second-order valence-corrected chi connectivity index (χ2v) is 10.1. The van der Waals surface area contributed by atoms with Crippen LogP contribution in [0.5, 0.6) is 11.5 Å². The van der Waals surface area contributed by atoms with Crippen LogP contribution in [0.4, 0.5) is 0 Å². The Morgan fingerprint density at radius 2 is 2.03 bits per heavy atom. The average molecular weight is 645 g/mol. The Labute approximate surface area is 237 Å². The molecule has 0 aliphatic heterocycles. The van der Waals surface area contributed by atoms with Gasteiger partial charge in [-0.25, -0.2) is 0 Å². The van der Waals surface area contributed by atoms with Crippen LogP contribution in [0.3, 0.4) is 0 Å². The van der Waals surface area contributed by atoms with Gasteiger partial charge in [0.15, 0.2) is 11.5 Å². The number of hydrogen-bond acceptors (Lipinski definition) is 8. The van der Waals surface area contributed by atoms with Gasteiger partial charge in [-0.05, 0) is 68.0 Å². The molecule has 2 rings (SSSR count). The summed E-state index contributed by atoms with van der Waals surface area (Å²) in [5.41, 5.74) is 1.51. The van der Waals surface area contributed by atoms with E-state index in [0.717, 1.165) is 5.57 Å². The van der Waals surface area contributed by atoms with Crippen LogP contribution in [0.1, 0.15) is 44.0 Å². The molecule has 0 bridgehead atoms. The highest BCUT2D eigenvalue weighted by Crippen LogP contribution is 2.37. The van der Waals surface area contributed by atoms with Gasteiger partial charge in [-0.1, -0.05) is 5.57 Å². The molecule has 2 amide bonds. The smallest absolute Gasteiger partial charge is 0.247 e. The van der Waals surface area contributed by atoms with Gasteiger partial charge in [0.25, 0.3) is 0 Å². The maximum Gasteiger partial charge on any atom is 0.247 e. The molecule has 1 aliphatic rings. The first-order valence-corrected chi connectivity index (χ1v) is 13.5. The Kier molecular flexibility index (Phi) is 13.2. The molecule has 38 heavy (non-hydrogen) atoms. The first-order chi connectivity index (χ1) is 18.2. The van der Waals surface area contributed by atoms with E-state index in [4.69, 9.17) is 19.3 Å². The molecule has 1 aromatic carbocycles. The van der Waals surface area contributed by atoms with Crippen LogP contribution >= 0.6 is 22.6 Å². The summed E-state index contributed by atoms with van der Waals surface area (Å²) >= 11 is 2.01. The van der Waals surface area contributed by atoms with Crippen LogP contribution in [-0.4, -0.2) is 91.5 Å². The monoisotopic (exact) mass is 644 g/mol. The van der Waals surface area contributed by atoms with Gasteiger partial charge in [-0.2, -0.15) is 0 Å². The molecule has 3 N–H and O–H groups in total. The van der Waals surface area contributed by atoms with Gasteiger partial charge in [-0.15, -0.1) is 0 Å². The lowest BCUT2D eigenvalue weighted by atomic mass is 9.88. The molecular formula is C27H37IN2O8. The van der Waals surface area contributed by atoms with E-state index < -0.39 is 24.2 Å². The van der Waals surface area contributed by atoms with E-state index in [1.807, 2.05) is 43.4 Å². The molecule has 1 aliphatic carbocycles. The molecule has 1 aromatic rings. The summed E-state index contributed by atoms with van der Waals surface area (Å²) < 4.78 is 17.6. The lowest BCUT2D eigenvalue weighted by molar-refractivity contribution is -0.133. The summed E-state index contributed by atoms with van der Waals surface area (Å²) in [6.45, 7) is 6.63. The zero-order chi connectivity index (χ0) is 28.2. The van der Waals surface area contributed by atoms with Crippen LogP contribution in [0.15, 0.2) is 35.4 Å². The number of allylic oxidation sites excluding steroid dienone is 1. The van der Waals surface area contributed by atoms with Crippen molar-refractivity contribution in [1.29, 1.82) is 0 Å². The standard InChI is InChI=1S/C27H37IN2O8/c1-5-37-10-6-8-30(24(33)11-17(2)3)21-14-19(27(35)29-7-9-31)15-22(25(21)34)38-26-20(28)12-18(16-32)13-23(26)36-4/h11-13,15-16,21-22,25,31,34H,5-10,14H2,1-4H3,(H,29,35)/t21-,22+,25+/m1/s1. The lowest BCUT2D eigenvalue weighted by Crippen LogP contribution is -2.55.